The number of alkyl halides is 6. The van der Waals surface area contributed by atoms with Gasteiger partial charge in [0.2, 0.25) is 10.0 Å². The smallest absolute Gasteiger partial charge is 0.416 e. The van der Waals surface area contributed by atoms with E-state index in [4.69, 9.17) is 5.11 Å². The summed E-state index contributed by atoms with van der Waals surface area (Å²) in [6.45, 7) is -0.979. The van der Waals surface area contributed by atoms with Crippen molar-refractivity contribution in [3.8, 4) is 0 Å². The number of likely N-dealkylation sites (N-methyl/N-ethyl adjacent to an activating group) is 1. The lowest BCUT2D eigenvalue weighted by atomic mass is 10.1. The van der Waals surface area contributed by atoms with Gasteiger partial charge in [0.25, 0.3) is 0 Å². The number of benzene rings is 1. The molecule has 1 aromatic carbocycles. The lowest BCUT2D eigenvalue weighted by Gasteiger charge is -2.17. The maximum Gasteiger partial charge on any atom is 0.416 e. The third-order valence-electron chi connectivity index (χ3n) is 2.83. The van der Waals surface area contributed by atoms with Crippen LogP contribution in [0, 0.1) is 0 Å². The molecule has 0 amide bonds. The number of sulfonamides is 1. The van der Waals surface area contributed by atoms with Crippen LogP contribution >= 0.6 is 0 Å². The van der Waals surface area contributed by atoms with Crippen molar-refractivity contribution in [1.82, 2.24) is 4.31 Å². The summed E-state index contributed by atoms with van der Waals surface area (Å²) >= 11 is 0. The first-order valence-corrected chi connectivity index (χ1v) is 7.68. The molecule has 0 atom stereocenters. The summed E-state index contributed by atoms with van der Waals surface area (Å²) in [6.07, 6.45) is -10.2. The summed E-state index contributed by atoms with van der Waals surface area (Å²) in [5.41, 5.74) is -4.05. The Labute approximate surface area is 132 Å². The van der Waals surface area contributed by atoms with Gasteiger partial charge in [-0.2, -0.15) is 30.6 Å². The minimum atomic E-state index is -5.10. The quantitative estimate of drug-likeness (QED) is 0.798. The number of carbonyl (C=O) groups is 1. The molecule has 0 spiro atoms. The molecule has 1 rings (SSSR count). The summed E-state index contributed by atoms with van der Waals surface area (Å²) in [6, 6.07) is 0.430. The molecule has 0 aliphatic carbocycles. The van der Waals surface area contributed by atoms with Crippen molar-refractivity contribution in [3.05, 3.63) is 34.9 Å². The second kappa shape index (κ2) is 6.59. The Hall–Kier alpha value is -1.82. The highest BCUT2D eigenvalue weighted by Crippen LogP contribution is 2.36. The van der Waals surface area contributed by atoms with Crippen molar-refractivity contribution in [1.29, 1.82) is 0 Å². The standard InChI is InChI=1S/C12H11F6NO4S/c1-19(5-10(20)21)24(22,23)6-7-2-8(11(13,14)15)4-9(3-7)12(16,17)18/h2-4H,5-6H2,1H3,(H,20,21). The highest BCUT2D eigenvalue weighted by molar-refractivity contribution is 7.88. The number of nitrogens with zero attached hydrogens (tertiary/aromatic N) is 1. The van der Waals surface area contributed by atoms with E-state index in [1.54, 1.807) is 0 Å². The molecule has 0 unspecified atom stereocenters. The Kier molecular flexibility index (Phi) is 5.55. The predicted molar refractivity (Wildman–Crippen MR) is 69.3 cm³/mol. The van der Waals surface area contributed by atoms with Gasteiger partial charge in [-0.1, -0.05) is 0 Å². The first-order chi connectivity index (χ1) is 10.6. The Morgan fingerprint density at radius 1 is 1.04 bits per heavy atom. The minimum Gasteiger partial charge on any atom is -0.480 e. The summed E-state index contributed by atoms with van der Waals surface area (Å²) < 4.78 is 100. The van der Waals surface area contributed by atoms with Crippen LogP contribution < -0.4 is 0 Å². The van der Waals surface area contributed by atoms with E-state index in [-0.39, 0.29) is 18.2 Å². The Bertz CT molecular complexity index is 694. The minimum absolute atomic E-state index is 0.128. The highest BCUT2D eigenvalue weighted by atomic mass is 32.2. The van der Waals surface area contributed by atoms with Crippen LogP contribution in [-0.2, 0) is 32.9 Å². The van der Waals surface area contributed by atoms with Gasteiger partial charge in [-0.15, -0.1) is 0 Å². The molecule has 1 N–H and O–H groups in total. The van der Waals surface area contributed by atoms with E-state index in [1.807, 2.05) is 0 Å². The molecule has 0 aliphatic rings. The molecule has 136 valence electrons. The molecule has 5 nitrogen and oxygen atoms in total. The molecule has 0 aliphatic heterocycles. The Morgan fingerprint density at radius 3 is 1.79 bits per heavy atom. The molecule has 1 aromatic rings. The van der Waals surface area contributed by atoms with E-state index in [9.17, 15) is 39.6 Å². The predicted octanol–water partition coefficient (Wildman–Crippen LogP) is 2.57. The zero-order valence-corrected chi connectivity index (χ0v) is 12.8. The summed E-state index contributed by atoms with van der Waals surface area (Å²) in [7, 11) is -3.57. The van der Waals surface area contributed by atoms with Crippen LogP contribution in [0.2, 0.25) is 0 Å². The van der Waals surface area contributed by atoms with Crippen molar-refractivity contribution in [2.75, 3.05) is 13.6 Å². The van der Waals surface area contributed by atoms with E-state index in [2.05, 4.69) is 0 Å². The fourth-order valence-corrected chi connectivity index (χ4v) is 2.83. The van der Waals surface area contributed by atoms with Crippen LogP contribution in [0.25, 0.3) is 0 Å². The first-order valence-electron chi connectivity index (χ1n) is 6.07. The SMILES string of the molecule is CN(CC(=O)O)S(=O)(=O)Cc1cc(C(F)(F)F)cc(C(F)(F)F)c1. The van der Waals surface area contributed by atoms with Crippen LogP contribution in [0.5, 0.6) is 0 Å². The Morgan fingerprint density at radius 2 is 1.46 bits per heavy atom. The van der Waals surface area contributed by atoms with E-state index in [1.165, 1.54) is 0 Å². The normalized spacial score (nSPS) is 13.3. The van der Waals surface area contributed by atoms with E-state index in [0.717, 1.165) is 7.05 Å². The number of hydrogen-bond donors (Lipinski definition) is 1. The second-order valence-corrected chi connectivity index (χ2v) is 6.90. The fourth-order valence-electron chi connectivity index (χ4n) is 1.71. The van der Waals surface area contributed by atoms with Crippen LogP contribution in [-0.4, -0.2) is 37.4 Å². The molecular formula is C12H11F6NO4S. The molecule has 12 heteroatoms. The van der Waals surface area contributed by atoms with Crippen LogP contribution in [0.4, 0.5) is 26.3 Å². The molecule has 24 heavy (non-hydrogen) atoms. The van der Waals surface area contributed by atoms with Gasteiger partial charge in [-0.05, 0) is 23.8 Å². The highest BCUT2D eigenvalue weighted by Gasteiger charge is 2.37. The zero-order valence-electron chi connectivity index (χ0n) is 11.9. The van der Waals surface area contributed by atoms with Gasteiger partial charge in [-0.3, -0.25) is 4.79 Å². The van der Waals surface area contributed by atoms with Crippen LogP contribution in [0.1, 0.15) is 16.7 Å². The monoisotopic (exact) mass is 379 g/mol. The molecule has 0 saturated heterocycles. The maximum absolute atomic E-state index is 12.7. The van der Waals surface area contributed by atoms with Gasteiger partial charge < -0.3 is 5.11 Å². The molecule has 0 aromatic heterocycles. The lowest BCUT2D eigenvalue weighted by Crippen LogP contribution is -2.33. The van der Waals surface area contributed by atoms with Gasteiger partial charge in [0.1, 0.15) is 6.54 Å². The Balaban J connectivity index is 3.31. The van der Waals surface area contributed by atoms with Gasteiger partial charge in [-0.25, -0.2) is 8.42 Å². The number of carboxylic acid groups (broad SMARTS) is 1. The third-order valence-corrected chi connectivity index (χ3v) is 4.61. The van der Waals surface area contributed by atoms with Gasteiger partial charge >= 0.3 is 18.3 Å². The van der Waals surface area contributed by atoms with Crippen molar-refractivity contribution in [3.63, 3.8) is 0 Å². The molecule has 0 heterocycles. The maximum atomic E-state index is 12.7. The summed E-state index contributed by atoms with van der Waals surface area (Å²) in [5, 5.41) is 8.51. The fraction of sp³-hybridized carbons (Fsp3) is 0.417. The van der Waals surface area contributed by atoms with Gasteiger partial charge in [0, 0.05) is 7.05 Å². The molecule has 0 saturated carbocycles. The molecule has 0 bridgehead atoms. The second-order valence-electron chi connectivity index (χ2n) is 4.82. The number of carboxylic acids is 1. The summed E-state index contributed by atoms with van der Waals surface area (Å²) in [4.78, 5) is 10.5. The van der Waals surface area contributed by atoms with Crippen molar-refractivity contribution in [2.24, 2.45) is 0 Å². The topological polar surface area (TPSA) is 74.7 Å². The van der Waals surface area contributed by atoms with E-state index >= 15 is 0 Å². The third kappa shape index (κ3) is 5.37. The number of rotatable bonds is 5. The van der Waals surface area contributed by atoms with E-state index < -0.39 is 57.3 Å². The number of halogens is 6. The zero-order chi connectivity index (χ0) is 18.9. The average Bonchev–Trinajstić information content (AvgIpc) is 2.34. The van der Waals surface area contributed by atoms with Crippen LogP contribution in [0.3, 0.4) is 0 Å². The van der Waals surface area contributed by atoms with Gasteiger partial charge in [0.05, 0.1) is 16.9 Å². The number of hydrogen-bond acceptors (Lipinski definition) is 3. The molecular weight excluding hydrogens is 368 g/mol. The van der Waals surface area contributed by atoms with Gasteiger partial charge in [0.15, 0.2) is 0 Å². The van der Waals surface area contributed by atoms with E-state index in [0.29, 0.717) is 4.31 Å². The van der Waals surface area contributed by atoms with Crippen molar-refractivity contribution in [2.45, 2.75) is 18.1 Å². The summed E-state index contributed by atoms with van der Waals surface area (Å²) in [5.74, 6) is -2.73. The van der Waals surface area contributed by atoms with Crippen LogP contribution in [0.15, 0.2) is 18.2 Å². The van der Waals surface area contributed by atoms with Crippen molar-refractivity contribution >= 4 is 16.0 Å². The first kappa shape index (κ1) is 20.2. The average molecular weight is 379 g/mol. The molecule has 0 fully saturated rings. The lowest BCUT2D eigenvalue weighted by molar-refractivity contribution is -0.143. The number of aliphatic carboxylic acids is 1. The molecule has 0 radical (unpaired) electrons. The van der Waals surface area contributed by atoms with Crippen molar-refractivity contribution < 1.29 is 44.7 Å². The largest absolute Gasteiger partial charge is 0.480 e.